The van der Waals surface area contributed by atoms with E-state index in [1.807, 2.05) is 56.3 Å². The smallest absolute Gasteiger partial charge is 0.305 e. The lowest BCUT2D eigenvalue weighted by Gasteiger charge is -2.13. The maximum Gasteiger partial charge on any atom is 0.305 e. The van der Waals surface area contributed by atoms with Crippen LogP contribution >= 0.6 is 12.2 Å². The predicted octanol–water partition coefficient (Wildman–Crippen LogP) is 4.57. The number of thiocarbonyl (C=S) groups is 1. The van der Waals surface area contributed by atoms with Gasteiger partial charge in [0.1, 0.15) is 18.1 Å². The summed E-state index contributed by atoms with van der Waals surface area (Å²) in [5, 5.41) is 3.36. The SMILES string of the molecule is CCOc1ccc(CCNC(=S)NNC(=O)c2ccc(COc3ccc(CC)cc3)o2)cc1OCC. The zero-order valence-electron chi connectivity index (χ0n) is 20.9. The lowest BCUT2D eigenvalue weighted by atomic mass is 10.1. The van der Waals surface area contributed by atoms with Crippen molar-refractivity contribution in [3.63, 3.8) is 0 Å². The molecule has 3 aromatic rings. The van der Waals surface area contributed by atoms with E-state index in [4.69, 9.17) is 30.8 Å². The van der Waals surface area contributed by atoms with Crippen LogP contribution in [-0.4, -0.2) is 30.8 Å². The highest BCUT2D eigenvalue weighted by Crippen LogP contribution is 2.28. The molecule has 9 heteroatoms. The van der Waals surface area contributed by atoms with Gasteiger partial charge in [-0.15, -0.1) is 0 Å². The minimum absolute atomic E-state index is 0.156. The molecule has 2 aromatic carbocycles. The first-order valence-corrected chi connectivity index (χ1v) is 12.5. The molecule has 192 valence electrons. The molecule has 8 nitrogen and oxygen atoms in total. The number of hydrazine groups is 1. The number of ether oxygens (including phenoxy) is 3. The molecule has 1 aromatic heterocycles. The average molecular weight is 512 g/mol. The fourth-order valence-corrected chi connectivity index (χ4v) is 3.50. The van der Waals surface area contributed by atoms with Crippen molar-refractivity contribution in [3.8, 4) is 17.2 Å². The molecule has 0 fully saturated rings. The summed E-state index contributed by atoms with van der Waals surface area (Å²) in [6, 6.07) is 17.0. The molecule has 0 atom stereocenters. The molecule has 0 aliphatic rings. The Hall–Kier alpha value is -3.72. The van der Waals surface area contributed by atoms with Crippen LogP contribution in [0.2, 0.25) is 0 Å². The largest absolute Gasteiger partial charge is 0.490 e. The second-order valence-corrected chi connectivity index (χ2v) is 8.19. The Labute approximate surface area is 217 Å². The van der Waals surface area contributed by atoms with Crippen LogP contribution in [0.15, 0.2) is 59.0 Å². The van der Waals surface area contributed by atoms with Gasteiger partial charge in [-0.25, -0.2) is 0 Å². The molecule has 0 saturated heterocycles. The lowest BCUT2D eigenvalue weighted by molar-refractivity contribution is 0.0911. The van der Waals surface area contributed by atoms with Gasteiger partial charge in [0, 0.05) is 6.54 Å². The molecule has 0 spiro atoms. The van der Waals surface area contributed by atoms with Gasteiger partial charge in [-0.2, -0.15) is 0 Å². The van der Waals surface area contributed by atoms with E-state index in [1.165, 1.54) is 5.56 Å². The van der Waals surface area contributed by atoms with Gasteiger partial charge in [0.05, 0.1) is 13.2 Å². The van der Waals surface area contributed by atoms with Crippen LogP contribution in [0.4, 0.5) is 0 Å². The molecule has 0 bridgehead atoms. The van der Waals surface area contributed by atoms with Crippen LogP contribution in [0.5, 0.6) is 17.2 Å². The summed E-state index contributed by atoms with van der Waals surface area (Å²) < 4.78 is 22.6. The van der Waals surface area contributed by atoms with Crippen molar-refractivity contribution < 1.29 is 23.4 Å². The molecule has 36 heavy (non-hydrogen) atoms. The third-order valence-electron chi connectivity index (χ3n) is 5.19. The molecule has 0 saturated carbocycles. The van der Waals surface area contributed by atoms with Gasteiger partial charge in [-0.3, -0.25) is 15.6 Å². The number of rotatable bonds is 12. The van der Waals surface area contributed by atoms with E-state index < -0.39 is 5.91 Å². The Morgan fingerprint density at radius 3 is 2.31 bits per heavy atom. The second kappa shape index (κ2) is 14.0. The zero-order valence-corrected chi connectivity index (χ0v) is 21.7. The average Bonchev–Trinajstić information content (AvgIpc) is 3.37. The Morgan fingerprint density at radius 1 is 0.861 bits per heavy atom. The highest BCUT2D eigenvalue weighted by molar-refractivity contribution is 7.80. The van der Waals surface area contributed by atoms with Gasteiger partial charge >= 0.3 is 5.91 Å². The van der Waals surface area contributed by atoms with Gasteiger partial charge in [0.25, 0.3) is 0 Å². The minimum Gasteiger partial charge on any atom is -0.490 e. The van der Waals surface area contributed by atoms with Crippen molar-refractivity contribution in [2.75, 3.05) is 19.8 Å². The molecule has 0 unspecified atom stereocenters. The van der Waals surface area contributed by atoms with Crippen molar-refractivity contribution in [1.82, 2.24) is 16.2 Å². The Balaban J connectivity index is 1.39. The van der Waals surface area contributed by atoms with E-state index in [-0.39, 0.29) is 12.4 Å². The van der Waals surface area contributed by atoms with Gasteiger partial charge in [0.15, 0.2) is 22.4 Å². The number of aryl methyl sites for hydroxylation is 1. The molecule has 0 aliphatic carbocycles. The first-order chi connectivity index (χ1) is 17.5. The first-order valence-electron chi connectivity index (χ1n) is 12.1. The van der Waals surface area contributed by atoms with E-state index >= 15 is 0 Å². The lowest BCUT2D eigenvalue weighted by Crippen LogP contribution is -2.47. The third kappa shape index (κ3) is 8.20. The van der Waals surface area contributed by atoms with Crippen molar-refractivity contribution in [1.29, 1.82) is 0 Å². The fourth-order valence-electron chi connectivity index (χ4n) is 3.34. The Kier molecular flexibility index (Phi) is 10.4. The standard InChI is InChI=1S/C27H33N3O5S/c1-4-19-7-10-21(11-8-19)34-18-22-12-14-24(35-22)26(31)29-30-27(36)28-16-15-20-9-13-23(32-5-2)25(17-20)33-6-3/h7-14,17H,4-6,15-16,18H2,1-3H3,(H,29,31)(H2,28,30,36). The Bertz CT molecular complexity index is 1130. The molecule has 0 radical (unpaired) electrons. The van der Waals surface area contributed by atoms with Gasteiger partial charge in [-0.1, -0.05) is 25.1 Å². The number of hydrogen-bond donors (Lipinski definition) is 3. The summed E-state index contributed by atoms with van der Waals surface area (Å²) in [4.78, 5) is 12.4. The number of furan rings is 1. The maximum atomic E-state index is 12.4. The predicted molar refractivity (Wildman–Crippen MR) is 143 cm³/mol. The van der Waals surface area contributed by atoms with Crippen LogP contribution in [0.3, 0.4) is 0 Å². The molecule has 1 amide bonds. The molecular weight excluding hydrogens is 478 g/mol. The van der Waals surface area contributed by atoms with Crippen molar-refractivity contribution in [2.45, 2.75) is 40.2 Å². The van der Waals surface area contributed by atoms with Crippen molar-refractivity contribution in [2.24, 2.45) is 0 Å². The van der Waals surface area contributed by atoms with Crippen molar-refractivity contribution in [3.05, 3.63) is 77.2 Å². The highest BCUT2D eigenvalue weighted by atomic mass is 32.1. The molecule has 3 N–H and O–H groups in total. The third-order valence-corrected chi connectivity index (χ3v) is 5.44. The quantitative estimate of drug-likeness (QED) is 0.241. The van der Waals surface area contributed by atoms with Gasteiger partial charge < -0.3 is 23.9 Å². The highest BCUT2D eigenvalue weighted by Gasteiger charge is 2.12. The molecule has 1 heterocycles. The number of amides is 1. The fraction of sp³-hybridized carbons (Fsp3) is 0.333. The molecular formula is C27H33N3O5S. The molecule has 3 rings (SSSR count). The van der Waals surface area contributed by atoms with Crippen LogP contribution in [-0.2, 0) is 19.4 Å². The topological polar surface area (TPSA) is 94.0 Å². The first kappa shape index (κ1) is 26.9. The Morgan fingerprint density at radius 2 is 1.58 bits per heavy atom. The summed E-state index contributed by atoms with van der Waals surface area (Å²) in [7, 11) is 0. The van der Waals surface area contributed by atoms with Crippen LogP contribution in [0, 0.1) is 0 Å². The maximum absolute atomic E-state index is 12.4. The summed E-state index contributed by atoms with van der Waals surface area (Å²) in [6.45, 7) is 7.91. The summed E-state index contributed by atoms with van der Waals surface area (Å²) >= 11 is 5.25. The number of hydrogen-bond acceptors (Lipinski definition) is 6. The van der Waals surface area contributed by atoms with E-state index in [0.717, 1.165) is 29.2 Å². The van der Waals surface area contributed by atoms with Crippen LogP contribution in [0.1, 0.15) is 48.2 Å². The second-order valence-electron chi connectivity index (χ2n) is 7.78. The molecule has 0 aliphatic heterocycles. The van der Waals surface area contributed by atoms with Crippen LogP contribution in [0.25, 0.3) is 0 Å². The zero-order chi connectivity index (χ0) is 25.8. The van der Waals surface area contributed by atoms with E-state index in [0.29, 0.717) is 37.1 Å². The summed E-state index contributed by atoms with van der Waals surface area (Å²) in [5.41, 5.74) is 7.54. The van der Waals surface area contributed by atoms with E-state index in [9.17, 15) is 4.79 Å². The monoisotopic (exact) mass is 511 g/mol. The van der Waals surface area contributed by atoms with E-state index in [2.05, 4.69) is 23.1 Å². The normalized spacial score (nSPS) is 10.4. The van der Waals surface area contributed by atoms with E-state index in [1.54, 1.807) is 12.1 Å². The number of nitrogens with one attached hydrogen (secondary N) is 3. The summed E-state index contributed by atoms with van der Waals surface area (Å²) in [6.07, 6.45) is 1.69. The van der Waals surface area contributed by atoms with Gasteiger partial charge in [0.2, 0.25) is 0 Å². The van der Waals surface area contributed by atoms with Crippen LogP contribution < -0.4 is 30.4 Å². The minimum atomic E-state index is -0.439. The summed E-state index contributed by atoms with van der Waals surface area (Å²) in [5.74, 6) is 2.46. The number of carbonyl (C=O) groups is 1. The number of benzene rings is 2. The van der Waals surface area contributed by atoms with Crippen molar-refractivity contribution >= 4 is 23.2 Å². The number of carbonyl (C=O) groups excluding carboxylic acids is 1. The van der Waals surface area contributed by atoms with Gasteiger partial charge in [-0.05, 0) is 86.4 Å².